The van der Waals surface area contributed by atoms with E-state index in [1.54, 1.807) is 11.8 Å². The van der Waals surface area contributed by atoms with Gasteiger partial charge in [0, 0.05) is 9.77 Å². The lowest BCUT2D eigenvalue weighted by molar-refractivity contribution is -0.136. The Hall–Kier alpha value is -1.33. The van der Waals surface area contributed by atoms with Crippen molar-refractivity contribution in [1.29, 1.82) is 0 Å². The standard InChI is InChI=1S/C15H17NO2S2/c1-10(2)15-12(8-14(17)18)20-13(16-15)9-19-11-6-4-3-5-7-11/h3-7,10H,8-9H2,1-2H3,(H,17,18). The molecule has 0 aliphatic carbocycles. The predicted molar refractivity (Wildman–Crippen MR) is 83.5 cm³/mol. The first-order chi connectivity index (χ1) is 9.56. The Balaban J connectivity index is 2.10. The van der Waals surface area contributed by atoms with Crippen LogP contribution in [0, 0.1) is 0 Å². The van der Waals surface area contributed by atoms with Gasteiger partial charge in [0.25, 0.3) is 0 Å². The molecule has 0 atom stereocenters. The summed E-state index contributed by atoms with van der Waals surface area (Å²) in [5, 5.41) is 9.96. The van der Waals surface area contributed by atoms with E-state index in [4.69, 9.17) is 5.11 Å². The Bertz CT molecular complexity index is 579. The van der Waals surface area contributed by atoms with Crippen LogP contribution in [0.4, 0.5) is 0 Å². The molecule has 1 N–H and O–H groups in total. The van der Waals surface area contributed by atoms with Crippen LogP contribution in [-0.4, -0.2) is 16.1 Å². The summed E-state index contributed by atoms with van der Waals surface area (Å²) in [6.45, 7) is 4.10. The lowest BCUT2D eigenvalue weighted by atomic mass is 10.1. The molecule has 0 saturated carbocycles. The summed E-state index contributed by atoms with van der Waals surface area (Å²) in [7, 11) is 0. The third kappa shape index (κ3) is 4.08. The molecule has 1 heterocycles. The van der Waals surface area contributed by atoms with Crippen molar-refractivity contribution in [3.63, 3.8) is 0 Å². The SMILES string of the molecule is CC(C)c1nc(CSc2ccccc2)sc1CC(=O)O. The number of carbonyl (C=O) groups is 1. The molecule has 106 valence electrons. The summed E-state index contributed by atoms with van der Waals surface area (Å²) in [4.78, 5) is 17.6. The molecule has 1 aromatic carbocycles. The Morgan fingerprint density at radius 1 is 1.35 bits per heavy atom. The van der Waals surface area contributed by atoms with Gasteiger partial charge in [-0.15, -0.1) is 23.1 Å². The van der Waals surface area contributed by atoms with Gasteiger partial charge in [-0.3, -0.25) is 4.79 Å². The van der Waals surface area contributed by atoms with Crippen molar-refractivity contribution in [2.45, 2.75) is 36.8 Å². The highest BCUT2D eigenvalue weighted by molar-refractivity contribution is 7.98. The molecule has 2 aromatic rings. The average Bonchev–Trinajstić information content (AvgIpc) is 2.80. The first-order valence-corrected chi connectivity index (χ1v) is 8.24. The Labute approximate surface area is 127 Å². The number of thioether (sulfide) groups is 1. The molecule has 3 nitrogen and oxygen atoms in total. The molecule has 2 rings (SSSR count). The quantitative estimate of drug-likeness (QED) is 0.813. The maximum Gasteiger partial charge on any atom is 0.308 e. The minimum Gasteiger partial charge on any atom is -0.481 e. The maximum atomic E-state index is 10.9. The molecule has 0 amide bonds. The fraction of sp³-hybridized carbons (Fsp3) is 0.333. The zero-order chi connectivity index (χ0) is 14.5. The lowest BCUT2D eigenvalue weighted by Crippen LogP contribution is -2.02. The van der Waals surface area contributed by atoms with Gasteiger partial charge in [0.1, 0.15) is 5.01 Å². The van der Waals surface area contributed by atoms with E-state index in [9.17, 15) is 4.79 Å². The van der Waals surface area contributed by atoms with Crippen molar-refractivity contribution in [1.82, 2.24) is 4.98 Å². The Morgan fingerprint density at radius 3 is 2.65 bits per heavy atom. The molecule has 0 unspecified atom stereocenters. The molecular formula is C15H17NO2S2. The van der Waals surface area contributed by atoms with Gasteiger partial charge >= 0.3 is 5.97 Å². The van der Waals surface area contributed by atoms with Gasteiger partial charge < -0.3 is 5.11 Å². The molecule has 0 saturated heterocycles. The smallest absolute Gasteiger partial charge is 0.308 e. The summed E-state index contributed by atoms with van der Waals surface area (Å²) < 4.78 is 0. The minimum atomic E-state index is -0.794. The molecule has 0 fully saturated rings. The van der Waals surface area contributed by atoms with Crippen LogP contribution < -0.4 is 0 Å². The van der Waals surface area contributed by atoms with Crippen LogP contribution in [0.3, 0.4) is 0 Å². The van der Waals surface area contributed by atoms with Crippen LogP contribution >= 0.6 is 23.1 Å². The molecule has 0 bridgehead atoms. The van der Waals surface area contributed by atoms with E-state index < -0.39 is 5.97 Å². The first-order valence-electron chi connectivity index (χ1n) is 6.44. The van der Waals surface area contributed by atoms with Crippen LogP contribution in [0.25, 0.3) is 0 Å². The van der Waals surface area contributed by atoms with Crippen LogP contribution in [0.5, 0.6) is 0 Å². The normalized spacial score (nSPS) is 10.9. The van der Waals surface area contributed by atoms with Crippen molar-refractivity contribution in [3.05, 3.63) is 45.9 Å². The van der Waals surface area contributed by atoms with Crippen LogP contribution in [0.15, 0.2) is 35.2 Å². The largest absolute Gasteiger partial charge is 0.481 e. The van der Waals surface area contributed by atoms with Gasteiger partial charge in [0.2, 0.25) is 0 Å². The second-order valence-corrected chi connectivity index (χ2v) is 6.96. The van der Waals surface area contributed by atoms with Crippen LogP contribution in [-0.2, 0) is 17.0 Å². The van der Waals surface area contributed by atoms with Gasteiger partial charge in [0.15, 0.2) is 0 Å². The highest BCUT2D eigenvalue weighted by Crippen LogP contribution is 2.30. The van der Waals surface area contributed by atoms with Crippen molar-refractivity contribution in [3.8, 4) is 0 Å². The number of carboxylic acids is 1. The van der Waals surface area contributed by atoms with Crippen molar-refractivity contribution < 1.29 is 9.90 Å². The topological polar surface area (TPSA) is 50.2 Å². The van der Waals surface area contributed by atoms with Gasteiger partial charge in [-0.2, -0.15) is 0 Å². The number of hydrogen-bond donors (Lipinski definition) is 1. The van der Waals surface area contributed by atoms with E-state index in [0.29, 0.717) is 0 Å². The third-order valence-corrected chi connectivity index (χ3v) is 5.01. The fourth-order valence-corrected chi connectivity index (χ4v) is 3.98. The number of thiazole rings is 1. The second-order valence-electron chi connectivity index (χ2n) is 4.74. The van der Waals surface area contributed by atoms with Crippen LogP contribution in [0.2, 0.25) is 0 Å². The molecule has 5 heteroatoms. The summed E-state index contributed by atoms with van der Waals surface area (Å²) in [5.41, 5.74) is 0.932. The monoisotopic (exact) mass is 307 g/mol. The van der Waals surface area contributed by atoms with Gasteiger partial charge in [-0.1, -0.05) is 32.0 Å². The highest BCUT2D eigenvalue weighted by Gasteiger charge is 2.16. The second kappa shape index (κ2) is 6.90. The summed E-state index contributed by atoms with van der Waals surface area (Å²) in [5.74, 6) is 0.252. The molecule has 20 heavy (non-hydrogen) atoms. The Morgan fingerprint density at radius 2 is 2.05 bits per heavy atom. The van der Waals surface area contributed by atoms with E-state index in [1.165, 1.54) is 16.2 Å². The van der Waals surface area contributed by atoms with Gasteiger partial charge in [0.05, 0.1) is 17.9 Å². The van der Waals surface area contributed by atoms with Crippen molar-refractivity contribution in [2.24, 2.45) is 0 Å². The van der Waals surface area contributed by atoms with Crippen molar-refractivity contribution in [2.75, 3.05) is 0 Å². The molecule has 0 spiro atoms. The van der Waals surface area contributed by atoms with E-state index in [0.717, 1.165) is 21.3 Å². The summed E-state index contributed by atoms with van der Waals surface area (Å²) in [6, 6.07) is 10.2. The third-order valence-electron chi connectivity index (χ3n) is 2.74. The molecule has 0 aliphatic rings. The van der Waals surface area contributed by atoms with E-state index in [-0.39, 0.29) is 12.3 Å². The van der Waals surface area contributed by atoms with Gasteiger partial charge in [-0.25, -0.2) is 4.98 Å². The fourth-order valence-electron chi connectivity index (χ4n) is 1.85. The number of rotatable bonds is 6. The predicted octanol–water partition coefficient (Wildman–Crippen LogP) is 4.19. The summed E-state index contributed by atoms with van der Waals surface area (Å²) >= 11 is 3.25. The zero-order valence-electron chi connectivity index (χ0n) is 11.5. The van der Waals surface area contributed by atoms with E-state index >= 15 is 0 Å². The number of benzene rings is 1. The van der Waals surface area contributed by atoms with Gasteiger partial charge in [-0.05, 0) is 18.1 Å². The maximum absolute atomic E-state index is 10.9. The summed E-state index contributed by atoms with van der Waals surface area (Å²) in [6.07, 6.45) is 0.0706. The Kier molecular flexibility index (Phi) is 5.20. The zero-order valence-corrected chi connectivity index (χ0v) is 13.1. The number of carboxylic acid groups (broad SMARTS) is 1. The molecule has 0 radical (unpaired) electrons. The lowest BCUT2D eigenvalue weighted by Gasteiger charge is -2.02. The number of nitrogens with zero attached hydrogens (tertiary/aromatic N) is 1. The van der Waals surface area contributed by atoms with Crippen molar-refractivity contribution >= 4 is 29.1 Å². The van der Waals surface area contributed by atoms with Crippen LogP contribution in [0.1, 0.15) is 35.3 Å². The van der Waals surface area contributed by atoms with E-state index in [2.05, 4.69) is 31.0 Å². The molecular weight excluding hydrogens is 290 g/mol. The molecule has 1 aromatic heterocycles. The molecule has 0 aliphatic heterocycles. The number of aliphatic carboxylic acids is 1. The minimum absolute atomic E-state index is 0.0706. The number of aromatic nitrogens is 1. The first kappa shape index (κ1) is 15.1. The number of hydrogen-bond acceptors (Lipinski definition) is 4. The highest BCUT2D eigenvalue weighted by atomic mass is 32.2. The van der Waals surface area contributed by atoms with E-state index in [1.807, 2.05) is 18.2 Å². The average molecular weight is 307 g/mol.